The van der Waals surface area contributed by atoms with Crippen LogP contribution in [0.25, 0.3) is 0 Å². The largest absolute Gasteiger partial charge is 0.493 e. The topological polar surface area (TPSA) is 83.5 Å². The van der Waals surface area contributed by atoms with Crippen LogP contribution >= 0.6 is 8.60 Å². The van der Waals surface area contributed by atoms with Gasteiger partial charge < -0.3 is 32.6 Å². The Morgan fingerprint density at radius 1 is 0.756 bits per heavy atom. The van der Waals surface area contributed by atoms with E-state index in [-0.39, 0.29) is 24.0 Å². The molecule has 0 saturated carbocycles. The number of hydrogen-bond donors (Lipinski definition) is 1. The SMILES string of the molecule is CCCCCCCCCCCCOc1cc(OCC(COP(O)OCC[N+](C)(C)C)OC(C)=O)c(C(C)(C)C)cc1C(C)(C)C. The minimum Gasteiger partial charge on any atom is -0.493 e. The molecule has 1 aromatic rings. The van der Waals surface area contributed by atoms with E-state index in [1.54, 1.807) is 0 Å². The minimum atomic E-state index is -2.10. The summed E-state index contributed by atoms with van der Waals surface area (Å²) in [7, 11) is 4.05. The molecule has 0 heterocycles. The van der Waals surface area contributed by atoms with E-state index in [0.29, 0.717) is 23.4 Å². The van der Waals surface area contributed by atoms with Crippen molar-refractivity contribution in [3.63, 3.8) is 0 Å². The molecule has 2 atom stereocenters. The molecule has 1 aromatic carbocycles. The summed E-state index contributed by atoms with van der Waals surface area (Å²) in [6.45, 7) is 18.5. The predicted molar refractivity (Wildman–Crippen MR) is 186 cm³/mol. The van der Waals surface area contributed by atoms with E-state index >= 15 is 0 Å². The van der Waals surface area contributed by atoms with Crippen LogP contribution in [0.1, 0.15) is 131 Å². The zero-order chi connectivity index (χ0) is 34.1. The molecule has 262 valence electrons. The van der Waals surface area contributed by atoms with Crippen molar-refractivity contribution in [2.45, 2.75) is 137 Å². The highest BCUT2D eigenvalue weighted by atomic mass is 31.2. The van der Waals surface area contributed by atoms with E-state index in [0.717, 1.165) is 29.8 Å². The summed E-state index contributed by atoms with van der Waals surface area (Å²) in [5.74, 6) is 1.07. The number of benzene rings is 1. The molecule has 0 saturated heterocycles. The average molecular weight is 657 g/mol. The second-order valence-electron chi connectivity index (χ2n) is 15.3. The molecule has 45 heavy (non-hydrogen) atoms. The summed E-state index contributed by atoms with van der Waals surface area (Å²) in [4.78, 5) is 22.1. The highest BCUT2D eigenvalue weighted by Gasteiger charge is 2.28. The van der Waals surface area contributed by atoms with Gasteiger partial charge in [0.1, 0.15) is 31.3 Å². The van der Waals surface area contributed by atoms with Crippen LogP contribution in [0.15, 0.2) is 12.1 Å². The quantitative estimate of drug-likeness (QED) is 0.0545. The molecule has 0 aliphatic carbocycles. The second kappa shape index (κ2) is 20.7. The summed E-state index contributed by atoms with van der Waals surface area (Å²) < 4.78 is 29.9. The maximum Gasteiger partial charge on any atom is 0.330 e. The number of rotatable bonds is 23. The third kappa shape index (κ3) is 19.1. The van der Waals surface area contributed by atoms with Gasteiger partial charge in [-0.1, -0.05) is 106 Å². The molecule has 9 heteroatoms. The van der Waals surface area contributed by atoms with Gasteiger partial charge in [0.15, 0.2) is 6.10 Å². The van der Waals surface area contributed by atoms with Crippen molar-refractivity contribution in [2.75, 3.05) is 54.1 Å². The van der Waals surface area contributed by atoms with E-state index in [9.17, 15) is 9.69 Å². The summed E-state index contributed by atoms with van der Waals surface area (Å²) >= 11 is 0. The van der Waals surface area contributed by atoms with Gasteiger partial charge in [0, 0.05) is 24.1 Å². The van der Waals surface area contributed by atoms with Crippen molar-refractivity contribution in [3.05, 3.63) is 23.3 Å². The van der Waals surface area contributed by atoms with E-state index in [1.807, 2.05) is 27.2 Å². The first-order valence-electron chi connectivity index (χ1n) is 17.1. The summed E-state index contributed by atoms with van der Waals surface area (Å²) in [6, 6.07) is 4.20. The summed E-state index contributed by atoms with van der Waals surface area (Å²) in [5.41, 5.74) is 1.87. The second-order valence-corrected chi connectivity index (χ2v) is 16.3. The number of likely N-dealkylation sites (N-methyl/N-ethyl adjacent to an activating group) is 1. The molecule has 1 N–H and O–H groups in total. The molecule has 0 amide bonds. The molecule has 0 fully saturated rings. The van der Waals surface area contributed by atoms with Crippen LogP contribution in [-0.4, -0.2) is 75.6 Å². The van der Waals surface area contributed by atoms with E-state index < -0.39 is 20.7 Å². The molecule has 1 rings (SSSR count). The van der Waals surface area contributed by atoms with Crippen LogP contribution in [-0.2, 0) is 29.4 Å². The van der Waals surface area contributed by atoms with Gasteiger partial charge >= 0.3 is 14.6 Å². The number of unbranched alkanes of at least 4 members (excludes halogenated alkanes) is 9. The molecule has 8 nitrogen and oxygen atoms in total. The van der Waals surface area contributed by atoms with Crippen LogP contribution in [0.3, 0.4) is 0 Å². The molecule has 2 unspecified atom stereocenters. The standard InChI is InChI=1S/C36H67NO7P/c1-12-13-14-15-16-17-18-19-20-21-23-40-33-26-34(32(36(6,7)8)25-31(33)35(3,4)5)41-27-30(44-29(2)38)28-43-45(39)42-24-22-37(9,10)11/h25-26,30,39H,12-24,27-28H2,1-11H3/q+1. The number of ether oxygens (including phenoxy) is 3. The third-order valence-corrected chi connectivity index (χ3v) is 8.32. The first-order chi connectivity index (χ1) is 20.9. The van der Waals surface area contributed by atoms with Gasteiger partial charge in [-0.2, -0.15) is 0 Å². The van der Waals surface area contributed by atoms with Crippen molar-refractivity contribution in [3.8, 4) is 11.5 Å². The zero-order valence-electron chi connectivity index (χ0n) is 30.6. The first-order valence-corrected chi connectivity index (χ1v) is 18.2. The molecule has 0 bridgehead atoms. The van der Waals surface area contributed by atoms with E-state index in [1.165, 1.54) is 64.7 Å². The Bertz CT molecular complexity index is 966. The van der Waals surface area contributed by atoms with Gasteiger partial charge in [0.25, 0.3) is 0 Å². The van der Waals surface area contributed by atoms with Crippen molar-refractivity contribution < 1.29 is 37.4 Å². The maximum atomic E-state index is 11.9. The van der Waals surface area contributed by atoms with Gasteiger partial charge in [-0.05, 0) is 23.3 Å². The molecule has 0 aliphatic rings. The third-order valence-electron chi connectivity index (χ3n) is 7.55. The number of hydrogen-bond acceptors (Lipinski definition) is 7. The van der Waals surface area contributed by atoms with Gasteiger partial charge in [0.05, 0.1) is 34.4 Å². The van der Waals surface area contributed by atoms with Crippen molar-refractivity contribution >= 4 is 14.6 Å². The van der Waals surface area contributed by atoms with Crippen LogP contribution in [0.2, 0.25) is 0 Å². The summed E-state index contributed by atoms with van der Waals surface area (Å²) in [6.07, 6.45) is 12.1. The fraction of sp³-hybridized carbons (Fsp3) is 0.806. The van der Waals surface area contributed by atoms with Crippen LogP contribution < -0.4 is 9.47 Å². The Morgan fingerprint density at radius 2 is 1.27 bits per heavy atom. The maximum absolute atomic E-state index is 11.9. The molecule has 0 aliphatic heterocycles. The predicted octanol–water partition coefficient (Wildman–Crippen LogP) is 8.85. The highest BCUT2D eigenvalue weighted by Crippen LogP contribution is 2.41. The first kappa shape index (κ1) is 41.6. The van der Waals surface area contributed by atoms with Gasteiger partial charge in [-0.3, -0.25) is 4.79 Å². The Morgan fingerprint density at radius 3 is 1.76 bits per heavy atom. The fourth-order valence-electron chi connectivity index (χ4n) is 4.85. The van der Waals surface area contributed by atoms with Crippen LogP contribution in [0.5, 0.6) is 11.5 Å². The molecule has 0 spiro atoms. The lowest BCUT2D eigenvalue weighted by Gasteiger charge is -2.30. The van der Waals surface area contributed by atoms with Crippen molar-refractivity contribution in [1.29, 1.82) is 0 Å². The number of carbonyl (C=O) groups excluding carboxylic acids is 1. The van der Waals surface area contributed by atoms with Crippen molar-refractivity contribution in [1.82, 2.24) is 0 Å². The van der Waals surface area contributed by atoms with E-state index in [4.69, 9.17) is 23.3 Å². The minimum absolute atomic E-state index is 0.0425. The molecule has 0 radical (unpaired) electrons. The lowest BCUT2D eigenvalue weighted by atomic mass is 9.79. The van der Waals surface area contributed by atoms with Crippen molar-refractivity contribution in [2.24, 2.45) is 0 Å². The number of esters is 1. The lowest BCUT2D eigenvalue weighted by Crippen LogP contribution is -2.37. The number of carbonyl (C=O) groups is 1. The molecule has 0 aromatic heterocycles. The Labute approximate surface area is 277 Å². The summed E-state index contributed by atoms with van der Waals surface area (Å²) in [5, 5.41) is 0. The highest BCUT2D eigenvalue weighted by molar-refractivity contribution is 7.40. The van der Waals surface area contributed by atoms with Gasteiger partial charge in [-0.25, -0.2) is 0 Å². The Kier molecular flexibility index (Phi) is 19.1. The monoisotopic (exact) mass is 656 g/mol. The van der Waals surface area contributed by atoms with Gasteiger partial charge in [0.2, 0.25) is 0 Å². The van der Waals surface area contributed by atoms with Crippen LogP contribution in [0.4, 0.5) is 0 Å². The Hall–Kier alpha value is -1.44. The lowest BCUT2D eigenvalue weighted by molar-refractivity contribution is -0.870. The molecular weight excluding hydrogens is 589 g/mol. The van der Waals surface area contributed by atoms with Gasteiger partial charge in [-0.15, -0.1) is 0 Å². The number of quaternary nitrogens is 1. The van der Waals surface area contributed by atoms with E-state index in [2.05, 4.69) is 54.5 Å². The fourth-order valence-corrected chi connectivity index (χ4v) is 5.46. The van der Waals surface area contributed by atoms with Crippen LogP contribution in [0, 0.1) is 0 Å². The normalized spacial score (nSPS) is 13.9. The number of nitrogens with zero attached hydrogens (tertiary/aromatic N) is 1. The average Bonchev–Trinajstić information content (AvgIpc) is 2.91. The molecular formula is C36H67NO7P+. The zero-order valence-corrected chi connectivity index (χ0v) is 31.5. The Balaban J connectivity index is 2.91. The smallest absolute Gasteiger partial charge is 0.330 e.